The summed E-state index contributed by atoms with van der Waals surface area (Å²) in [7, 11) is 0. The van der Waals surface area contributed by atoms with Gasteiger partial charge in [-0.15, -0.1) is 11.3 Å². The van der Waals surface area contributed by atoms with E-state index in [0.29, 0.717) is 0 Å². The first-order valence-electron chi connectivity index (χ1n) is 5.73. The smallest absolute Gasteiger partial charge is 0.107 e. The van der Waals surface area contributed by atoms with E-state index in [2.05, 4.69) is 38.0 Å². The summed E-state index contributed by atoms with van der Waals surface area (Å²) in [6.07, 6.45) is 2.57. The van der Waals surface area contributed by atoms with Crippen LogP contribution in [0.5, 0.6) is 0 Å². The summed E-state index contributed by atoms with van der Waals surface area (Å²) < 4.78 is 0. The molecule has 0 aliphatic rings. The Morgan fingerprint density at radius 3 is 2.60 bits per heavy atom. The minimum atomic E-state index is 0.816. The third-order valence-corrected chi connectivity index (χ3v) is 3.56. The third kappa shape index (κ3) is 4.76. The van der Waals surface area contributed by atoms with Crippen LogP contribution in [0.1, 0.15) is 42.3 Å². The SMILES string of the molecule is Cc1nc(CNCCCC(C)C)sc1C. The molecule has 3 heteroatoms. The van der Waals surface area contributed by atoms with E-state index in [1.54, 1.807) is 11.3 Å². The Labute approximate surface area is 97.1 Å². The van der Waals surface area contributed by atoms with Gasteiger partial charge in [0.2, 0.25) is 0 Å². The molecule has 1 rings (SSSR count). The number of rotatable bonds is 6. The highest BCUT2D eigenvalue weighted by molar-refractivity contribution is 7.11. The maximum atomic E-state index is 4.50. The van der Waals surface area contributed by atoms with Crippen LogP contribution in [0.3, 0.4) is 0 Å². The van der Waals surface area contributed by atoms with E-state index in [1.165, 1.54) is 28.4 Å². The standard InChI is InChI=1S/C12H22N2S/c1-9(2)6-5-7-13-8-12-14-10(3)11(4)15-12/h9,13H,5-8H2,1-4H3. The fourth-order valence-electron chi connectivity index (χ4n) is 1.45. The molecule has 0 saturated carbocycles. The molecule has 0 bridgehead atoms. The minimum Gasteiger partial charge on any atom is -0.310 e. The summed E-state index contributed by atoms with van der Waals surface area (Å²) in [5.74, 6) is 0.816. The highest BCUT2D eigenvalue weighted by Crippen LogP contribution is 2.15. The summed E-state index contributed by atoms with van der Waals surface area (Å²) in [5, 5.41) is 4.66. The second-order valence-corrected chi connectivity index (χ2v) is 5.75. The summed E-state index contributed by atoms with van der Waals surface area (Å²) in [5.41, 5.74) is 1.18. The van der Waals surface area contributed by atoms with Gasteiger partial charge >= 0.3 is 0 Å². The second-order valence-electron chi connectivity index (χ2n) is 4.46. The molecule has 1 aromatic heterocycles. The molecular formula is C12H22N2S. The monoisotopic (exact) mass is 226 g/mol. The largest absolute Gasteiger partial charge is 0.310 e. The zero-order valence-corrected chi connectivity index (χ0v) is 11.1. The summed E-state index contributed by atoms with van der Waals surface area (Å²) >= 11 is 1.81. The molecule has 0 aliphatic carbocycles. The Morgan fingerprint density at radius 1 is 1.33 bits per heavy atom. The van der Waals surface area contributed by atoms with Crippen molar-refractivity contribution < 1.29 is 0 Å². The van der Waals surface area contributed by atoms with Gasteiger partial charge in [-0.05, 0) is 39.2 Å². The number of hydrogen-bond acceptors (Lipinski definition) is 3. The molecule has 86 valence electrons. The zero-order chi connectivity index (χ0) is 11.3. The Hall–Kier alpha value is -0.410. The molecule has 1 heterocycles. The van der Waals surface area contributed by atoms with Crippen LogP contribution < -0.4 is 5.32 Å². The van der Waals surface area contributed by atoms with Crippen LogP contribution in [-0.2, 0) is 6.54 Å². The molecule has 0 saturated heterocycles. The van der Waals surface area contributed by atoms with Crippen molar-refractivity contribution in [2.24, 2.45) is 5.92 Å². The summed E-state index contributed by atoms with van der Waals surface area (Å²) in [6, 6.07) is 0. The average Bonchev–Trinajstić information content (AvgIpc) is 2.45. The van der Waals surface area contributed by atoms with Crippen molar-refractivity contribution in [2.45, 2.75) is 47.1 Å². The van der Waals surface area contributed by atoms with Crippen LogP contribution in [0.15, 0.2) is 0 Å². The van der Waals surface area contributed by atoms with Gasteiger partial charge in [-0.3, -0.25) is 0 Å². The van der Waals surface area contributed by atoms with Gasteiger partial charge in [0.15, 0.2) is 0 Å². The van der Waals surface area contributed by atoms with Crippen molar-refractivity contribution in [3.63, 3.8) is 0 Å². The topological polar surface area (TPSA) is 24.9 Å². The van der Waals surface area contributed by atoms with Gasteiger partial charge in [-0.2, -0.15) is 0 Å². The maximum absolute atomic E-state index is 4.50. The van der Waals surface area contributed by atoms with Crippen LogP contribution in [0.25, 0.3) is 0 Å². The Balaban J connectivity index is 2.15. The molecule has 0 unspecified atom stereocenters. The molecule has 1 N–H and O–H groups in total. The summed E-state index contributed by atoms with van der Waals surface area (Å²) in [6.45, 7) is 10.8. The van der Waals surface area contributed by atoms with Gasteiger partial charge in [0.25, 0.3) is 0 Å². The molecule has 0 radical (unpaired) electrons. The van der Waals surface area contributed by atoms with Gasteiger partial charge in [0.05, 0.1) is 5.69 Å². The highest BCUT2D eigenvalue weighted by atomic mass is 32.1. The maximum Gasteiger partial charge on any atom is 0.107 e. The van der Waals surface area contributed by atoms with Crippen LogP contribution in [0.4, 0.5) is 0 Å². The van der Waals surface area contributed by atoms with E-state index in [1.807, 2.05) is 0 Å². The first-order valence-corrected chi connectivity index (χ1v) is 6.55. The van der Waals surface area contributed by atoms with E-state index >= 15 is 0 Å². The Kier molecular flexibility index (Phi) is 5.26. The van der Waals surface area contributed by atoms with Gasteiger partial charge in [-0.25, -0.2) is 4.98 Å². The second kappa shape index (κ2) is 6.23. The third-order valence-electron chi connectivity index (χ3n) is 2.48. The Bertz CT molecular complexity index is 272. The van der Waals surface area contributed by atoms with Crippen LogP contribution in [-0.4, -0.2) is 11.5 Å². The first kappa shape index (κ1) is 12.7. The van der Waals surface area contributed by atoms with Crippen molar-refractivity contribution >= 4 is 11.3 Å². The lowest BCUT2D eigenvalue weighted by atomic mass is 10.1. The van der Waals surface area contributed by atoms with E-state index in [-0.39, 0.29) is 0 Å². The van der Waals surface area contributed by atoms with E-state index in [4.69, 9.17) is 0 Å². The quantitative estimate of drug-likeness (QED) is 0.753. The molecule has 0 aliphatic heterocycles. The van der Waals surface area contributed by atoms with Crippen molar-refractivity contribution in [2.75, 3.05) is 6.54 Å². The van der Waals surface area contributed by atoms with Crippen LogP contribution >= 0.6 is 11.3 Å². The van der Waals surface area contributed by atoms with Crippen LogP contribution in [0, 0.1) is 19.8 Å². The fourth-order valence-corrected chi connectivity index (χ4v) is 2.35. The lowest BCUT2D eigenvalue weighted by molar-refractivity contribution is 0.527. The number of nitrogens with one attached hydrogen (secondary N) is 1. The molecule has 2 nitrogen and oxygen atoms in total. The van der Waals surface area contributed by atoms with Crippen molar-refractivity contribution in [1.82, 2.24) is 10.3 Å². The lowest BCUT2D eigenvalue weighted by Gasteiger charge is -2.04. The summed E-state index contributed by atoms with van der Waals surface area (Å²) in [4.78, 5) is 5.84. The van der Waals surface area contributed by atoms with Gasteiger partial charge in [-0.1, -0.05) is 13.8 Å². The molecule has 0 fully saturated rings. The predicted octanol–water partition coefficient (Wildman–Crippen LogP) is 3.29. The molecule has 15 heavy (non-hydrogen) atoms. The number of hydrogen-bond donors (Lipinski definition) is 1. The first-order chi connectivity index (χ1) is 7.09. The molecule has 0 atom stereocenters. The molecule has 0 amide bonds. The van der Waals surface area contributed by atoms with Crippen molar-refractivity contribution in [3.05, 3.63) is 15.6 Å². The highest BCUT2D eigenvalue weighted by Gasteiger charge is 2.02. The number of aromatic nitrogens is 1. The van der Waals surface area contributed by atoms with Gasteiger partial charge in [0, 0.05) is 11.4 Å². The molecule has 0 spiro atoms. The van der Waals surface area contributed by atoms with Crippen molar-refractivity contribution in [3.8, 4) is 0 Å². The lowest BCUT2D eigenvalue weighted by Crippen LogP contribution is -2.15. The predicted molar refractivity (Wildman–Crippen MR) is 67.4 cm³/mol. The number of aryl methyl sites for hydroxylation is 2. The molecule has 0 aromatic carbocycles. The molecule has 1 aromatic rings. The molecular weight excluding hydrogens is 204 g/mol. The Morgan fingerprint density at radius 2 is 2.07 bits per heavy atom. The van der Waals surface area contributed by atoms with Gasteiger partial charge < -0.3 is 5.32 Å². The van der Waals surface area contributed by atoms with E-state index < -0.39 is 0 Å². The zero-order valence-electron chi connectivity index (χ0n) is 10.3. The van der Waals surface area contributed by atoms with E-state index in [9.17, 15) is 0 Å². The number of thiazole rings is 1. The van der Waals surface area contributed by atoms with E-state index in [0.717, 1.165) is 19.0 Å². The van der Waals surface area contributed by atoms with Crippen LogP contribution in [0.2, 0.25) is 0 Å². The number of nitrogens with zero attached hydrogens (tertiary/aromatic N) is 1. The normalized spacial score (nSPS) is 11.3. The fraction of sp³-hybridized carbons (Fsp3) is 0.750. The van der Waals surface area contributed by atoms with Gasteiger partial charge in [0.1, 0.15) is 5.01 Å². The average molecular weight is 226 g/mol. The van der Waals surface area contributed by atoms with Crippen molar-refractivity contribution in [1.29, 1.82) is 0 Å². The minimum absolute atomic E-state index is 0.816.